The highest BCUT2D eigenvalue weighted by atomic mass is 19.1. The van der Waals surface area contributed by atoms with Crippen LogP contribution in [0, 0.1) is 25.5 Å². The molecular formula is C16H17F2N. The van der Waals surface area contributed by atoms with Crippen LogP contribution in [0.25, 0.3) is 0 Å². The Labute approximate surface area is 112 Å². The van der Waals surface area contributed by atoms with E-state index < -0.39 is 11.6 Å². The number of hydrogen-bond donors (Lipinski definition) is 1. The van der Waals surface area contributed by atoms with Gasteiger partial charge in [-0.15, -0.1) is 0 Å². The van der Waals surface area contributed by atoms with E-state index in [4.69, 9.17) is 0 Å². The maximum atomic E-state index is 13.9. The third-order valence-electron chi connectivity index (χ3n) is 3.14. The van der Waals surface area contributed by atoms with Gasteiger partial charge in [-0.1, -0.05) is 29.3 Å². The summed E-state index contributed by atoms with van der Waals surface area (Å²) in [6.45, 7) is 3.98. The van der Waals surface area contributed by atoms with Gasteiger partial charge in [-0.25, -0.2) is 8.78 Å². The molecule has 100 valence electrons. The van der Waals surface area contributed by atoms with Crippen LogP contribution < -0.4 is 5.32 Å². The van der Waals surface area contributed by atoms with Gasteiger partial charge < -0.3 is 5.32 Å². The molecule has 1 unspecified atom stereocenters. The van der Waals surface area contributed by atoms with Gasteiger partial charge in [0.05, 0.1) is 6.04 Å². The zero-order chi connectivity index (χ0) is 14.0. The summed E-state index contributed by atoms with van der Waals surface area (Å²) in [7, 11) is 1.74. The molecule has 3 heteroatoms. The number of halogens is 2. The standard InChI is InChI=1S/C16H17F2N/c1-10-6-11(2)8-12(7-10)16(19-3)14-9-13(17)4-5-15(14)18/h4-9,16,19H,1-3H3. The van der Waals surface area contributed by atoms with E-state index in [1.54, 1.807) is 7.05 Å². The number of rotatable bonds is 3. The Morgan fingerprint density at radius 1 is 0.947 bits per heavy atom. The van der Waals surface area contributed by atoms with Gasteiger partial charge >= 0.3 is 0 Å². The highest BCUT2D eigenvalue weighted by Crippen LogP contribution is 2.26. The fourth-order valence-electron chi connectivity index (χ4n) is 2.41. The van der Waals surface area contributed by atoms with E-state index in [0.717, 1.165) is 28.8 Å². The highest BCUT2D eigenvalue weighted by Gasteiger charge is 2.17. The van der Waals surface area contributed by atoms with E-state index in [1.165, 1.54) is 6.07 Å². The van der Waals surface area contributed by atoms with Crippen molar-refractivity contribution >= 4 is 0 Å². The normalized spacial score (nSPS) is 12.5. The topological polar surface area (TPSA) is 12.0 Å². The van der Waals surface area contributed by atoms with Crippen molar-refractivity contribution in [2.75, 3.05) is 7.05 Å². The third-order valence-corrected chi connectivity index (χ3v) is 3.14. The minimum absolute atomic E-state index is 0.326. The van der Waals surface area contributed by atoms with Gasteiger partial charge in [0.25, 0.3) is 0 Å². The van der Waals surface area contributed by atoms with Gasteiger partial charge in [0.1, 0.15) is 11.6 Å². The summed E-state index contributed by atoms with van der Waals surface area (Å²) in [5, 5.41) is 3.05. The van der Waals surface area contributed by atoms with Crippen LogP contribution in [0.2, 0.25) is 0 Å². The molecule has 1 atom stereocenters. The van der Waals surface area contributed by atoms with Crippen molar-refractivity contribution in [2.45, 2.75) is 19.9 Å². The van der Waals surface area contributed by atoms with E-state index in [-0.39, 0.29) is 6.04 Å². The number of nitrogens with one attached hydrogen (secondary N) is 1. The Morgan fingerprint density at radius 3 is 2.16 bits per heavy atom. The summed E-state index contributed by atoms with van der Waals surface area (Å²) < 4.78 is 27.2. The quantitative estimate of drug-likeness (QED) is 0.883. The monoisotopic (exact) mass is 261 g/mol. The van der Waals surface area contributed by atoms with Crippen molar-refractivity contribution in [1.29, 1.82) is 0 Å². The molecule has 0 radical (unpaired) electrons. The molecule has 0 fully saturated rings. The molecule has 0 aliphatic rings. The molecule has 0 bridgehead atoms. The molecule has 2 aromatic carbocycles. The van der Waals surface area contributed by atoms with Crippen LogP contribution in [-0.2, 0) is 0 Å². The molecule has 0 spiro atoms. The predicted octanol–water partition coefficient (Wildman–Crippen LogP) is 3.89. The first-order valence-electron chi connectivity index (χ1n) is 6.21. The average molecular weight is 261 g/mol. The lowest BCUT2D eigenvalue weighted by Crippen LogP contribution is -2.19. The molecule has 0 amide bonds. The second-order valence-electron chi connectivity index (χ2n) is 4.81. The van der Waals surface area contributed by atoms with Gasteiger partial charge in [0.15, 0.2) is 0 Å². The average Bonchev–Trinajstić information content (AvgIpc) is 2.33. The summed E-state index contributed by atoms with van der Waals surface area (Å²) in [5.41, 5.74) is 3.47. The largest absolute Gasteiger partial charge is 0.309 e. The lowest BCUT2D eigenvalue weighted by molar-refractivity contribution is 0.558. The minimum atomic E-state index is -0.430. The molecule has 0 heterocycles. The fraction of sp³-hybridized carbons (Fsp3) is 0.250. The van der Waals surface area contributed by atoms with Crippen molar-refractivity contribution in [3.05, 3.63) is 70.3 Å². The van der Waals surface area contributed by atoms with Gasteiger partial charge in [0, 0.05) is 5.56 Å². The number of hydrogen-bond acceptors (Lipinski definition) is 1. The SMILES string of the molecule is CNC(c1cc(C)cc(C)c1)c1cc(F)ccc1F. The molecule has 0 aliphatic carbocycles. The Balaban J connectivity index is 2.52. The first kappa shape index (κ1) is 13.7. The van der Waals surface area contributed by atoms with Gasteiger partial charge in [-0.05, 0) is 44.7 Å². The van der Waals surface area contributed by atoms with Crippen LogP contribution in [0.5, 0.6) is 0 Å². The van der Waals surface area contributed by atoms with E-state index in [1.807, 2.05) is 26.0 Å². The van der Waals surface area contributed by atoms with Gasteiger partial charge in [-0.2, -0.15) is 0 Å². The zero-order valence-corrected chi connectivity index (χ0v) is 11.3. The Kier molecular flexibility index (Phi) is 3.96. The molecule has 0 aliphatic heterocycles. The molecule has 1 N–H and O–H groups in total. The fourth-order valence-corrected chi connectivity index (χ4v) is 2.41. The summed E-state index contributed by atoms with van der Waals surface area (Å²) in [6.07, 6.45) is 0. The van der Waals surface area contributed by atoms with Crippen LogP contribution >= 0.6 is 0 Å². The molecule has 2 aromatic rings. The third kappa shape index (κ3) is 2.99. The molecule has 2 rings (SSSR count). The Bertz CT molecular complexity index is 573. The number of aryl methyl sites for hydroxylation is 2. The maximum Gasteiger partial charge on any atom is 0.128 e. The van der Waals surface area contributed by atoms with Crippen molar-refractivity contribution < 1.29 is 8.78 Å². The first-order valence-corrected chi connectivity index (χ1v) is 6.21. The predicted molar refractivity (Wildman–Crippen MR) is 73.2 cm³/mol. The van der Waals surface area contributed by atoms with Crippen LogP contribution in [0.4, 0.5) is 8.78 Å². The van der Waals surface area contributed by atoms with E-state index in [2.05, 4.69) is 11.4 Å². The van der Waals surface area contributed by atoms with Crippen LogP contribution in [0.15, 0.2) is 36.4 Å². The minimum Gasteiger partial charge on any atom is -0.309 e. The molecule has 0 saturated heterocycles. The van der Waals surface area contributed by atoms with Gasteiger partial charge in [0.2, 0.25) is 0 Å². The van der Waals surface area contributed by atoms with Gasteiger partial charge in [-0.3, -0.25) is 0 Å². The maximum absolute atomic E-state index is 13.9. The van der Waals surface area contributed by atoms with Crippen LogP contribution in [0.1, 0.15) is 28.3 Å². The molecule has 19 heavy (non-hydrogen) atoms. The lowest BCUT2D eigenvalue weighted by Gasteiger charge is -2.19. The Hall–Kier alpha value is -1.74. The molecule has 1 nitrogen and oxygen atoms in total. The highest BCUT2D eigenvalue weighted by molar-refractivity contribution is 5.37. The second-order valence-corrected chi connectivity index (χ2v) is 4.81. The van der Waals surface area contributed by atoms with E-state index in [0.29, 0.717) is 5.56 Å². The molecule has 0 aromatic heterocycles. The van der Waals surface area contributed by atoms with Crippen LogP contribution in [-0.4, -0.2) is 7.05 Å². The molecular weight excluding hydrogens is 244 g/mol. The summed E-state index contributed by atoms with van der Waals surface area (Å²) in [6, 6.07) is 9.21. The van der Waals surface area contributed by atoms with Crippen LogP contribution in [0.3, 0.4) is 0 Å². The van der Waals surface area contributed by atoms with E-state index in [9.17, 15) is 8.78 Å². The van der Waals surface area contributed by atoms with E-state index >= 15 is 0 Å². The zero-order valence-electron chi connectivity index (χ0n) is 11.3. The van der Waals surface area contributed by atoms with Crippen molar-refractivity contribution in [3.8, 4) is 0 Å². The summed E-state index contributed by atoms with van der Waals surface area (Å²) in [4.78, 5) is 0. The molecule has 0 saturated carbocycles. The van der Waals surface area contributed by atoms with Crippen molar-refractivity contribution in [2.24, 2.45) is 0 Å². The van der Waals surface area contributed by atoms with Crippen molar-refractivity contribution in [1.82, 2.24) is 5.32 Å². The summed E-state index contributed by atoms with van der Waals surface area (Å²) >= 11 is 0. The smallest absolute Gasteiger partial charge is 0.128 e. The second kappa shape index (κ2) is 5.49. The Morgan fingerprint density at radius 2 is 1.58 bits per heavy atom. The van der Waals surface area contributed by atoms with Crippen molar-refractivity contribution in [3.63, 3.8) is 0 Å². The summed E-state index contributed by atoms with van der Waals surface area (Å²) in [5.74, 6) is -0.832. The lowest BCUT2D eigenvalue weighted by atomic mass is 9.95. The number of benzene rings is 2. The first-order chi connectivity index (χ1) is 9.01.